The summed E-state index contributed by atoms with van der Waals surface area (Å²) in [6.07, 6.45) is 5.03. The van der Waals surface area contributed by atoms with Gasteiger partial charge in [-0.2, -0.15) is 11.8 Å². The molecule has 0 aromatic carbocycles. The van der Waals surface area contributed by atoms with Gasteiger partial charge in [-0.1, -0.05) is 20.8 Å². The minimum atomic E-state index is 0.276. The Labute approximate surface area is 85.7 Å². The molecular weight excluding hydrogens is 180 g/mol. The van der Waals surface area contributed by atoms with Crippen molar-refractivity contribution in [3.05, 3.63) is 0 Å². The molecule has 2 heteroatoms. The Morgan fingerprint density at radius 3 is 2.46 bits per heavy atom. The molecule has 0 amide bonds. The number of carbonyl (C=O) groups excluding carboxylic acids is 1. The summed E-state index contributed by atoms with van der Waals surface area (Å²) in [5.74, 6) is 1.19. The second kappa shape index (κ2) is 4.04. The molecule has 1 saturated carbocycles. The van der Waals surface area contributed by atoms with E-state index in [4.69, 9.17) is 0 Å². The van der Waals surface area contributed by atoms with Gasteiger partial charge in [0, 0.05) is 6.42 Å². The third-order valence-corrected chi connectivity index (χ3v) is 4.13. The number of thioether (sulfide) groups is 1. The van der Waals surface area contributed by atoms with Crippen LogP contribution in [0.4, 0.5) is 0 Å². The highest BCUT2D eigenvalue weighted by Gasteiger charge is 2.34. The highest BCUT2D eigenvalue weighted by atomic mass is 32.2. The first kappa shape index (κ1) is 11.1. The van der Waals surface area contributed by atoms with Crippen LogP contribution in [0.15, 0.2) is 0 Å². The molecule has 0 aromatic rings. The molecule has 76 valence electrons. The summed E-state index contributed by atoms with van der Waals surface area (Å²) in [7, 11) is 0. The van der Waals surface area contributed by atoms with Gasteiger partial charge in [0.05, 0.1) is 5.25 Å². The van der Waals surface area contributed by atoms with E-state index in [0.717, 1.165) is 25.2 Å². The van der Waals surface area contributed by atoms with Crippen LogP contribution in [0.1, 0.15) is 40.0 Å². The third-order valence-electron chi connectivity index (χ3n) is 3.11. The van der Waals surface area contributed by atoms with Gasteiger partial charge < -0.3 is 0 Å². The van der Waals surface area contributed by atoms with Crippen molar-refractivity contribution >= 4 is 17.5 Å². The van der Waals surface area contributed by atoms with Crippen LogP contribution >= 0.6 is 11.8 Å². The maximum absolute atomic E-state index is 11.5. The van der Waals surface area contributed by atoms with E-state index in [1.165, 1.54) is 0 Å². The van der Waals surface area contributed by atoms with Gasteiger partial charge in [-0.05, 0) is 30.4 Å². The first-order chi connectivity index (χ1) is 5.95. The summed E-state index contributed by atoms with van der Waals surface area (Å²) in [4.78, 5) is 11.5. The van der Waals surface area contributed by atoms with Crippen LogP contribution in [0.3, 0.4) is 0 Å². The van der Waals surface area contributed by atoms with Gasteiger partial charge >= 0.3 is 0 Å². The minimum Gasteiger partial charge on any atom is -0.298 e. The predicted octanol–water partition coefficient (Wildman–Crippen LogP) is 3.13. The highest BCUT2D eigenvalue weighted by molar-refractivity contribution is 7.99. The Bertz CT molecular complexity index is 193. The lowest BCUT2D eigenvalue weighted by Crippen LogP contribution is -2.33. The standard InChI is InChI=1S/C11H20OS/c1-11(2,3)8-5-6-9(12)10(7-8)13-4/h8,10H,5-7H2,1-4H3/t8-,10+/m0/s1. The van der Waals surface area contributed by atoms with Crippen LogP contribution in [-0.2, 0) is 4.79 Å². The third kappa shape index (κ3) is 2.73. The average Bonchev–Trinajstić information content (AvgIpc) is 2.03. The van der Waals surface area contributed by atoms with E-state index < -0.39 is 0 Å². The van der Waals surface area contributed by atoms with E-state index in [1.54, 1.807) is 11.8 Å². The first-order valence-corrected chi connectivity index (χ1v) is 6.29. The Kier molecular flexibility index (Phi) is 3.44. The van der Waals surface area contributed by atoms with Crippen molar-refractivity contribution in [2.45, 2.75) is 45.3 Å². The maximum atomic E-state index is 11.5. The fourth-order valence-electron chi connectivity index (χ4n) is 2.00. The van der Waals surface area contributed by atoms with Gasteiger partial charge in [0.1, 0.15) is 5.78 Å². The van der Waals surface area contributed by atoms with Crippen molar-refractivity contribution in [2.75, 3.05) is 6.26 Å². The molecule has 1 aliphatic rings. The number of carbonyl (C=O) groups is 1. The van der Waals surface area contributed by atoms with Crippen molar-refractivity contribution in [3.63, 3.8) is 0 Å². The van der Waals surface area contributed by atoms with Gasteiger partial charge in [0.2, 0.25) is 0 Å². The molecule has 0 aromatic heterocycles. The molecule has 0 saturated heterocycles. The molecule has 0 aliphatic heterocycles. The van der Waals surface area contributed by atoms with Crippen LogP contribution < -0.4 is 0 Å². The molecule has 13 heavy (non-hydrogen) atoms. The zero-order valence-corrected chi connectivity index (χ0v) is 9.91. The van der Waals surface area contributed by atoms with Crippen LogP contribution in [0, 0.1) is 11.3 Å². The van der Waals surface area contributed by atoms with Crippen molar-refractivity contribution in [1.29, 1.82) is 0 Å². The topological polar surface area (TPSA) is 17.1 Å². The molecule has 1 rings (SSSR count). The van der Waals surface area contributed by atoms with Crippen LogP contribution in [-0.4, -0.2) is 17.3 Å². The molecule has 2 atom stereocenters. The molecule has 1 fully saturated rings. The lowest BCUT2D eigenvalue weighted by molar-refractivity contribution is -0.121. The summed E-state index contributed by atoms with van der Waals surface area (Å²) in [5.41, 5.74) is 0.370. The molecule has 0 unspecified atom stereocenters. The summed E-state index contributed by atoms with van der Waals surface area (Å²) in [6, 6.07) is 0. The van der Waals surface area contributed by atoms with E-state index in [-0.39, 0.29) is 5.25 Å². The zero-order valence-electron chi connectivity index (χ0n) is 9.09. The van der Waals surface area contributed by atoms with Crippen LogP contribution in [0.25, 0.3) is 0 Å². The predicted molar refractivity (Wildman–Crippen MR) is 59.1 cm³/mol. The number of hydrogen-bond acceptors (Lipinski definition) is 2. The Balaban J connectivity index is 2.60. The molecule has 0 N–H and O–H groups in total. The molecule has 0 heterocycles. The zero-order chi connectivity index (χ0) is 10.1. The largest absolute Gasteiger partial charge is 0.298 e. The minimum absolute atomic E-state index is 0.276. The molecule has 1 aliphatic carbocycles. The van der Waals surface area contributed by atoms with Crippen molar-refractivity contribution < 1.29 is 4.79 Å². The maximum Gasteiger partial charge on any atom is 0.145 e. The Morgan fingerprint density at radius 2 is 2.00 bits per heavy atom. The fourth-order valence-corrected chi connectivity index (χ4v) is 2.80. The monoisotopic (exact) mass is 200 g/mol. The average molecular weight is 200 g/mol. The quantitative estimate of drug-likeness (QED) is 0.647. The van der Waals surface area contributed by atoms with Gasteiger partial charge in [0.15, 0.2) is 0 Å². The van der Waals surface area contributed by atoms with Gasteiger partial charge in [0.25, 0.3) is 0 Å². The second-order valence-corrected chi connectivity index (χ2v) is 6.07. The van der Waals surface area contributed by atoms with Crippen LogP contribution in [0.2, 0.25) is 0 Å². The summed E-state index contributed by atoms with van der Waals surface area (Å²) in [5, 5.41) is 0.276. The Morgan fingerprint density at radius 1 is 1.38 bits per heavy atom. The molecule has 0 bridgehead atoms. The lowest BCUT2D eigenvalue weighted by Gasteiger charge is -2.36. The molecule has 0 spiro atoms. The summed E-state index contributed by atoms with van der Waals surface area (Å²) < 4.78 is 0. The fraction of sp³-hybridized carbons (Fsp3) is 0.909. The normalized spacial score (nSPS) is 30.6. The number of Topliss-reactive ketones (excluding diaryl/α,β-unsaturated/α-hetero) is 1. The van der Waals surface area contributed by atoms with E-state index in [2.05, 4.69) is 20.8 Å². The number of rotatable bonds is 1. The van der Waals surface area contributed by atoms with Crippen molar-refractivity contribution in [3.8, 4) is 0 Å². The second-order valence-electron chi connectivity index (χ2n) is 5.03. The number of ketones is 1. The van der Waals surface area contributed by atoms with E-state index in [1.807, 2.05) is 6.26 Å². The van der Waals surface area contributed by atoms with Gasteiger partial charge in [-0.15, -0.1) is 0 Å². The van der Waals surface area contributed by atoms with Crippen LogP contribution in [0.5, 0.6) is 0 Å². The van der Waals surface area contributed by atoms with E-state index >= 15 is 0 Å². The lowest BCUT2D eigenvalue weighted by atomic mass is 9.72. The summed E-state index contributed by atoms with van der Waals surface area (Å²) in [6.45, 7) is 6.85. The van der Waals surface area contributed by atoms with Gasteiger partial charge in [-0.3, -0.25) is 4.79 Å². The molecule has 1 nitrogen and oxygen atoms in total. The summed E-state index contributed by atoms with van der Waals surface area (Å²) >= 11 is 1.72. The van der Waals surface area contributed by atoms with Crippen molar-refractivity contribution in [2.24, 2.45) is 11.3 Å². The van der Waals surface area contributed by atoms with Gasteiger partial charge in [-0.25, -0.2) is 0 Å². The Hall–Kier alpha value is 0.0200. The first-order valence-electron chi connectivity index (χ1n) is 5.00. The number of hydrogen-bond donors (Lipinski definition) is 0. The van der Waals surface area contributed by atoms with Crippen molar-refractivity contribution in [1.82, 2.24) is 0 Å². The SMILES string of the molecule is CS[C@@H]1C[C@@H](C(C)(C)C)CCC1=O. The highest BCUT2D eigenvalue weighted by Crippen LogP contribution is 2.39. The van der Waals surface area contributed by atoms with E-state index in [0.29, 0.717) is 11.2 Å². The molecule has 0 radical (unpaired) electrons. The van der Waals surface area contributed by atoms with E-state index in [9.17, 15) is 4.79 Å². The smallest absolute Gasteiger partial charge is 0.145 e. The molecular formula is C11H20OS.